The van der Waals surface area contributed by atoms with Crippen LogP contribution in [0, 0.1) is 0 Å². The van der Waals surface area contributed by atoms with Gasteiger partial charge in [-0.15, -0.1) is 0 Å². The van der Waals surface area contributed by atoms with Gasteiger partial charge in [0.05, 0.1) is 27.5 Å². The first-order chi connectivity index (χ1) is 17.8. The molecule has 5 aromatic carbocycles. The van der Waals surface area contributed by atoms with Crippen molar-refractivity contribution >= 4 is 71.3 Å². The lowest BCUT2D eigenvalue weighted by molar-refractivity contribution is 0.669. The second kappa shape index (κ2) is 6.37. The molecule has 0 aliphatic heterocycles. The van der Waals surface area contributed by atoms with E-state index in [1.165, 1.54) is 27.4 Å². The molecule has 0 bridgehead atoms. The van der Waals surface area contributed by atoms with Crippen LogP contribution in [0.2, 0.25) is 0 Å². The molecule has 0 unspecified atom stereocenters. The molecule has 0 spiro atoms. The van der Waals surface area contributed by atoms with Gasteiger partial charge >= 0.3 is 0 Å². The second-order valence-corrected chi connectivity index (χ2v) is 9.44. The van der Waals surface area contributed by atoms with Gasteiger partial charge in [0.25, 0.3) is 0 Å². The van der Waals surface area contributed by atoms with Crippen molar-refractivity contribution < 1.29 is 4.42 Å². The molecule has 166 valence electrons. The molecular weight excluding hydrogens is 442 g/mol. The minimum absolute atomic E-state index is 0.880. The van der Waals surface area contributed by atoms with Crippen molar-refractivity contribution in [2.75, 3.05) is 0 Å². The standard InChI is InChI=1S/C32H17N3O/c1-2-7-18(8-3-1)19-13-15-26-23(17-19)28-27(36-26)16-14-21-20-9-6-10-22-29-32(35(30(20)22)31(21)28)34-25-12-5-4-11-24(25)33-29/h1-17H. The molecule has 0 saturated heterocycles. The summed E-state index contributed by atoms with van der Waals surface area (Å²) in [6.45, 7) is 0. The monoisotopic (exact) mass is 459 g/mol. The number of hydrogen-bond donors (Lipinski definition) is 0. The summed E-state index contributed by atoms with van der Waals surface area (Å²) >= 11 is 0. The Morgan fingerprint density at radius 2 is 1.28 bits per heavy atom. The third-order valence-corrected chi connectivity index (χ3v) is 7.51. The Bertz CT molecular complexity index is 2310. The maximum atomic E-state index is 6.37. The summed E-state index contributed by atoms with van der Waals surface area (Å²) in [6.07, 6.45) is 0. The first kappa shape index (κ1) is 18.4. The summed E-state index contributed by atoms with van der Waals surface area (Å²) in [4.78, 5) is 10.2. The van der Waals surface area contributed by atoms with E-state index in [9.17, 15) is 0 Å². The number of nitrogens with zero attached hydrogens (tertiary/aromatic N) is 3. The van der Waals surface area contributed by atoms with Gasteiger partial charge in [0.2, 0.25) is 0 Å². The van der Waals surface area contributed by atoms with E-state index in [0.29, 0.717) is 0 Å². The molecule has 0 saturated carbocycles. The van der Waals surface area contributed by atoms with Crippen LogP contribution in [0.5, 0.6) is 0 Å². The second-order valence-electron chi connectivity index (χ2n) is 9.44. The molecule has 0 aliphatic rings. The van der Waals surface area contributed by atoms with Crippen LogP contribution in [0.15, 0.2) is 108 Å². The van der Waals surface area contributed by atoms with E-state index in [4.69, 9.17) is 14.4 Å². The summed E-state index contributed by atoms with van der Waals surface area (Å²) in [7, 11) is 0. The molecule has 9 aromatic rings. The predicted molar refractivity (Wildman–Crippen MR) is 147 cm³/mol. The number of benzene rings is 5. The molecule has 0 radical (unpaired) electrons. The van der Waals surface area contributed by atoms with E-state index in [0.717, 1.165) is 55.0 Å². The van der Waals surface area contributed by atoms with Crippen molar-refractivity contribution in [1.29, 1.82) is 0 Å². The van der Waals surface area contributed by atoms with Crippen LogP contribution in [-0.4, -0.2) is 14.4 Å². The average Bonchev–Trinajstić information content (AvgIpc) is 3.58. The fourth-order valence-electron chi connectivity index (χ4n) is 5.95. The smallest absolute Gasteiger partial charge is 0.165 e. The Kier molecular flexibility index (Phi) is 3.25. The van der Waals surface area contributed by atoms with Gasteiger partial charge in [-0.05, 0) is 47.5 Å². The molecule has 0 aliphatic carbocycles. The Balaban J connectivity index is 1.53. The molecule has 4 aromatic heterocycles. The van der Waals surface area contributed by atoms with Crippen molar-refractivity contribution in [3.8, 4) is 11.1 Å². The minimum atomic E-state index is 0.880. The third-order valence-electron chi connectivity index (χ3n) is 7.51. The summed E-state index contributed by atoms with van der Waals surface area (Å²) in [5.74, 6) is 0. The number of hydrogen-bond acceptors (Lipinski definition) is 3. The minimum Gasteiger partial charge on any atom is -0.456 e. The van der Waals surface area contributed by atoms with E-state index in [2.05, 4.69) is 77.2 Å². The van der Waals surface area contributed by atoms with Crippen molar-refractivity contribution in [1.82, 2.24) is 14.4 Å². The topological polar surface area (TPSA) is 43.3 Å². The summed E-state index contributed by atoms with van der Waals surface area (Å²) < 4.78 is 8.68. The van der Waals surface area contributed by atoms with Gasteiger partial charge in [-0.3, -0.25) is 4.40 Å². The zero-order valence-electron chi connectivity index (χ0n) is 19.1. The van der Waals surface area contributed by atoms with E-state index >= 15 is 0 Å². The number of rotatable bonds is 1. The largest absolute Gasteiger partial charge is 0.456 e. The number of aromatic nitrogens is 3. The van der Waals surface area contributed by atoms with E-state index in [1.807, 2.05) is 30.3 Å². The molecule has 4 nitrogen and oxygen atoms in total. The average molecular weight is 460 g/mol. The fourth-order valence-corrected chi connectivity index (χ4v) is 5.95. The highest BCUT2D eigenvalue weighted by Crippen LogP contribution is 2.43. The summed E-state index contributed by atoms with van der Waals surface area (Å²) in [6, 6.07) is 35.8. The van der Waals surface area contributed by atoms with Crippen LogP contribution in [0.4, 0.5) is 0 Å². The first-order valence-corrected chi connectivity index (χ1v) is 12.1. The van der Waals surface area contributed by atoms with E-state index in [1.54, 1.807) is 0 Å². The molecule has 0 fully saturated rings. The van der Waals surface area contributed by atoms with Crippen LogP contribution in [-0.2, 0) is 0 Å². The van der Waals surface area contributed by atoms with E-state index in [-0.39, 0.29) is 0 Å². The molecule has 0 N–H and O–H groups in total. The van der Waals surface area contributed by atoms with Gasteiger partial charge in [0, 0.05) is 21.5 Å². The highest BCUT2D eigenvalue weighted by molar-refractivity contribution is 6.29. The van der Waals surface area contributed by atoms with Gasteiger partial charge in [-0.1, -0.05) is 66.7 Å². The number of furan rings is 1. The molecule has 0 amide bonds. The van der Waals surface area contributed by atoms with Crippen molar-refractivity contribution in [2.45, 2.75) is 0 Å². The third kappa shape index (κ3) is 2.19. The van der Waals surface area contributed by atoms with Crippen LogP contribution in [0.3, 0.4) is 0 Å². The van der Waals surface area contributed by atoms with Gasteiger partial charge < -0.3 is 4.42 Å². The number of para-hydroxylation sites is 3. The van der Waals surface area contributed by atoms with Gasteiger partial charge in [0.15, 0.2) is 5.65 Å². The molecule has 36 heavy (non-hydrogen) atoms. The van der Waals surface area contributed by atoms with Crippen LogP contribution in [0.1, 0.15) is 0 Å². The predicted octanol–water partition coefficient (Wildman–Crippen LogP) is 8.35. The zero-order chi connectivity index (χ0) is 23.4. The lowest BCUT2D eigenvalue weighted by Crippen LogP contribution is -1.89. The van der Waals surface area contributed by atoms with Crippen molar-refractivity contribution in [2.24, 2.45) is 0 Å². The lowest BCUT2D eigenvalue weighted by atomic mass is 10.0. The lowest BCUT2D eigenvalue weighted by Gasteiger charge is -2.03. The Hall–Kier alpha value is -4.96. The molecule has 9 rings (SSSR count). The maximum Gasteiger partial charge on any atom is 0.165 e. The molecular formula is C32H17N3O. The highest BCUT2D eigenvalue weighted by Gasteiger charge is 2.23. The van der Waals surface area contributed by atoms with Crippen molar-refractivity contribution in [3.63, 3.8) is 0 Å². The maximum absolute atomic E-state index is 6.37. The van der Waals surface area contributed by atoms with Crippen LogP contribution in [0.25, 0.3) is 82.5 Å². The van der Waals surface area contributed by atoms with Gasteiger partial charge in [-0.2, -0.15) is 0 Å². The van der Waals surface area contributed by atoms with Gasteiger partial charge in [0.1, 0.15) is 16.7 Å². The Labute approximate surface area is 204 Å². The molecule has 4 heterocycles. The Morgan fingerprint density at radius 1 is 0.528 bits per heavy atom. The summed E-state index contributed by atoms with van der Waals surface area (Å²) in [5.41, 5.74) is 10.1. The number of fused-ring (bicyclic) bond motifs is 11. The quantitative estimate of drug-likeness (QED) is 0.248. The SMILES string of the molecule is c1ccc(-c2ccc3oc4ccc5c6cccc7c8nc9ccccc9nc8n(c67)c5c4c3c2)cc1. The molecule has 4 heteroatoms. The highest BCUT2D eigenvalue weighted by atomic mass is 16.3. The fraction of sp³-hybridized carbons (Fsp3) is 0. The Morgan fingerprint density at radius 3 is 2.17 bits per heavy atom. The van der Waals surface area contributed by atoms with Crippen molar-refractivity contribution in [3.05, 3.63) is 103 Å². The summed E-state index contributed by atoms with van der Waals surface area (Å²) in [5, 5.41) is 5.77. The van der Waals surface area contributed by atoms with Gasteiger partial charge in [-0.25, -0.2) is 9.97 Å². The zero-order valence-corrected chi connectivity index (χ0v) is 19.1. The van der Waals surface area contributed by atoms with Crippen LogP contribution < -0.4 is 0 Å². The molecule has 0 atom stereocenters. The van der Waals surface area contributed by atoms with Crippen LogP contribution >= 0.6 is 0 Å². The van der Waals surface area contributed by atoms with E-state index < -0.39 is 0 Å². The normalized spacial score (nSPS) is 12.4. The first-order valence-electron chi connectivity index (χ1n) is 12.1.